The molecule has 110 valence electrons. The largest absolute Gasteiger partial charge is 0.465 e. The number of furan rings is 1. The van der Waals surface area contributed by atoms with Gasteiger partial charge in [-0.15, -0.1) is 0 Å². The van der Waals surface area contributed by atoms with Crippen LogP contribution in [0.2, 0.25) is 0 Å². The molecule has 0 fully saturated rings. The fourth-order valence-electron chi connectivity index (χ4n) is 2.14. The van der Waals surface area contributed by atoms with E-state index in [9.17, 15) is 9.59 Å². The minimum atomic E-state index is -0.609. The van der Waals surface area contributed by atoms with E-state index in [0.29, 0.717) is 5.76 Å². The average molecular weight is 295 g/mol. The van der Waals surface area contributed by atoms with Crippen LogP contribution in [0.15, 0.2) is 64.3 Å². The first kappa shape index (κ1) is 13.8. The summed E-state index contributed by atoms with van der Waals surface area (Å²) in [5.74, 6) is -0.408. The Morgan fingerprint density at radius 3 is 2.77 bits per heavy atom. The summed E-state index contributed by atoms with van der Waals surface area (Å²) >= 11 is 0. The number of carbonyl (C=O) groups excluding carboxylic acids is 2. The van der Waals surface area contributed by atoms with E-state index in [4.69, 9.17) is 4.42 Å². The van der Waals surface area contributed by atoms with Crippen LogP contribution in [0.1, 0.15) is 17.2 Å². The molecule has 0 aliphatic carbocycles. The molecule has 2 aromatic rings. The van der Waals surface area contributed by atoms with Gasteiger partial charge in [0, 0.05) is 6.08 Å². The Balaban J connectivity index is 1.71. The van der Waals surface area contributed by atoms with Crippen molar-refractivity contribution >= 4 is 23.7 Å². The van der Waals surface area contributed by atoms with Gasteiger partial charge >= 0.3 is 0 Å². The minimum Gasteiger partial charge on any atom is -0.465 e. The summed E-state index contributed by atoms with van der Waals surface area (Å²) < 4.78 is 5.10. The number of amides is 2. The quantitative estimate of drug-likeness (QED) is 0.844. The molecule has 2 N–H and O–H groups in total. The maximum absolute atomic E-state index is 11.9. The third-order valence-corrected chi connectivity index (χ3v) is 3.15. The van der Waals surface area contributed by atoms with Crippen molar-refractivity contribution in [1.29, 1.82) is 0 Å². The van der Waals surface area contributed by atoms with Gasteiger partial charge in [0.05, 0.1) is 6.26 Å². The van der Waals surface area contributed by atoms with E-state index in [2.05, 4.69) is 15.8 Å². The number of amidine groups is 1. The number of hydrogen-bond donors (Lipinski definition) is 2. The van der Waals surface area contributed by atoms with Gasteiger partial charge in [-0.25, -0.2) is 5.43 Å². The molecule has 1 aliphatic heterocycles. The Hall–Kier alpha value is -3.15. The van der Waals surface area contributed by atoms with Crippen molar-refractivity contribution in [3.8, 4) is 0 Å². The Labute approximate surface area is 126 Å². The Morgan fingerprint density at radius 1 is 1.23 bits per heavy atom. The second kappa shape index (κ2) is 6.09. The zero-order chi connectivity index (χ0) is 15.4. The van der Waals surface area contributed by atoms with Gasteiger partial charge < -0.3 is 9.73 Å². The standard InChI is InChI=1S/C16H13N3O3/c20-13(9-8-12-7-4-10-22-12)17-15-14(16(21)19-18-15)11-5-2-1-3-6-11/h1-10,14H,(H,19,21)(H,17,18,20)/b9-8+/t14-/m0/s1. The van der Waals surface area contributed by atoms with Crippen LogP contribution >= 0.6 is 0 Å². The molecule has 6 nitrogen and oxygen atoms in total. The molecule has 1 aliphatic rings. The molecule has 2 heterocycles. The lowest BCUT2D eigenvalue weighted by atomic mass is 9.98. The minimum absolute atomic E-state index is 0.267. The first-order valence-electron chi connectivity index (χ1n) is 6.69. The van der Waals surface area contributed by atoms with Crippen molar-refractivity contribution in [1.82, 2.24) is 10.7 Å². The second-order valence-electron chi connectivity index (χ2n) is 4.65. The molecule has 0 saturated carbocycles. The molecule has 2 amide bonds. The number of nitrogens with one attached hydrogen (secondary N) is 2. The molecule has 0 saturated heterocycles. The predicted octanol–water partition coefficient (Wildman–Crippen LogP) is 1.64. The molecule has 0 spiro atoms. The molecule has 0 radical (unpaired) electrons. The summed E-state index contributed by atoms with van der Waals surface area (Å²) in [7, 11) is 0. The molecule has 1 atom stereocenters. The van der Waals surface area contributed by atoms with Gasteiger partial charge in [0.25, 0.3) is 5.91 Å². The molecular weight excluding hydrogens is 282 g/mol. The Morgan fingerprint density at radius 2 is 2.05 bits per heavy atom. The van der Waals surface area contributed by atoms with Crippen molar-refractivity contribution in [2.45, 2.75) is 5.92 Å². The topological polar surface area (TPSA) is 83.7 Å². The van der Waals surface area contributed by atoms with E-state index >= 15 is 0 Å². The predicted molar refractivity (Wildman–Crippen MR) is 80.6 cm³/mol. The van der Waals surface area contributed by atoms with Gasteiger partial charge in [-0.05, 0) is 23.8 Å². The summed E-state index contributed by atoms with van der Waals surface area (Å²) in [6.07, 6.45) is 4.39. The summed E-state index contributed by atoms with van der Waals surface area (Å²) in [5, 5.41) is 6.51. The van der Waals surface area contributed by atoms with Gasteiger partial charge in [-0.1, -0.05) is 30.3 Å². The van der Waals surface area contributed by atoms with Crippen molar-refractivity contribution in [3.05, 3.63) is 66.1 Å². The smallest absolute Gasteiger partial charge is 0.255 e. The zero-order valence-electron chi connectivity index (χ0n) is 11.5. The van der Waals surface area contributed by atoms with Crippen molar-refractivity contribution in [2.24, 2.45) is 5.10 Å². The number of nitrogens with zero attached hydrogens (tertiary/aromatic N) is 1. The lowest BCUT2D eigenvalue weighted by molar-refractivity contribution is -0.120. The Bertz CT molecular complexity index is 733. The van der Waals surface area contributed by atoms with E-state index in [-0.39, 0.29) is 17.6 Å². The molecule has 22 heavy (non-hydrogen) atoms. The van der Waals surface area contributed by atoms with E-state index in [1.54, 1.807) is 12.1 Å². The highest BCUT2D eigenvalue weighted by Crippen LogP contribution is 2.20. The molecule has 1 aromatic carbocycles. The van der Waals surface area contributed by atoms with Crippen LogP contribution in [0, 0.1) is 0 Å². The molecule has 0 unspecified atom stereocenters. The van der Waals surface area contributed by atoms with Gasteiger partial charge in [-0.2, -0.15) is 5.10 Å². The molecule has 3 rings (SSSR count). The van der Waals surface area contributed by atoms with E-state index in [0.717, 1.165) is 5.56 Å². The van der Waals surface area contributed by atoms with Crippen LogP contribution < -0.4 is 10.7 Å². The zero-order valence-corrected chi connectivity index (χ0v) is 11.5. The fraction of sp³-hybridized carbons (Fsp3) is 0.0625. The molecule has 1 aromatic heterocycles. The van der Waals surface area contributed by atoms with Gasteiger partial charge in [-0.3, -0.25) is 9.59 Å². The maximum atomic E-state index is 11.9. The van der Waals surface area contributed by atoms with E-state index < -0.39 is 5.92 Å². The lowest BCUT2D eigenvalue weighted by Crippen LogP contribution is -2.34. The molecular formula is C16H13N3O3. The maximum Gasteiger partial charge on any atom is 0.255 e. The van der Waals surface area contributed by atoms with Crippen LogP contribution in [0.5, 0.6) is 0 Å². The second-order valence-corrected chi connectivity index (χ2v) is 4.65. The number of hydrogen-bond acceptors (Lipinski definition) is 4. The molecule has 6 heteroatoms. The van der Waals surface area contributed by atoms with Gasteiger partial charge in [0.15, 0.2) is 0 Å². The third kappa shape index (κ3) is 2.95. The normalized spacial score (nSPS) is 17.4. The average Bonchev–Trinajstić information content (AvgIpc) is 3.16. The van der Waals surface area contributed by atoms with Crippen molar-refractivity contribution in [3.63, 3.8) is 0 Å². The summed E-state index contributed by atoms with van der Waals surface area (Å²) in [4.78, 5) is 23.8. The highest BCUT2D eigenvalue weighted by Gasteiger charge is 2.32. The number of hydrazone groups is 1. The van der Waals surface area contributed by atoms with Crippen molar-refractivity contribution in [2.75, 3.05) is 0 Å². The van der Waals surface area contributed by atoms with E-state index in [1.807, 2.05) is 30.3 Å². The lowest BCUT2D eigenvalue weighted by Gasteiger charge is -2.10. The van der Waals surface area contributed by atoms with Crippen LogP contribution in [0.3, 0.4) is 0 Å². The number of benzene rings is 1. The van der Waals surface area contributed by atoms with Crippen LogP contribution in [-0.2, 0) is 9.59 Å². The van der Waals surface area contributed by atoms with Gasteiger partial charge in [0.1, 0.15) is 17.5 Å². The summed E-state index contributed by atoms with van der Waals surface area (Å²) in [6, 6.07) is 12.6. The first-order chi connectivity index (χ1) is 10.7. The van der Waals surface area contributed by atoms with Gasteiger partial charge in [0.2, 0.25) is 5.91 Å². The van der Waals surface area contributed by atoms with Crippen LogP contribution in [-0.4, -0.2) is 17.6 Å². The monoisotopic (exact) mass is 295 g/mol. The summed E-state index contributed by atoms with van der Waals surface area (Å²) in [6.45, 7) is 0. The molecule has 0 bridgehead atoms. The van der Waals surface area contributed by atoms with Crippen LogP contribution in [0.25, 0.3) is 6.08 Å². The SMILES string of the molecule is O=C(/C=C/c1ccco1)NC1=NNC(=O)[C@H]1c1ccccc1. The summed E-state index contributed by atoms with van der Waals surface area (Å²) in [5.41, 5.74) is 3.15. The van der Waals surface area contributed by atoms with E-state index in [1.165, 1.54) is 18.4 Å². The van der Waals surface area contributed by atoms with Crippen LogP contribution in [0.4, 0.5) is 0 Å². The first-order valence-corrected chi connectivity index (χ1v) is 6.69. The highest BCUT2D eigenvalue weighted by atomic mass is 16.3. The highest BCUT2D eigenvalue weighted by molar-refractivity contribution is 6.17. The fourth-order valence-corrected chi connectivity index (χ4v) is 2.14. The Kier molecular flexibility index (Phi) is 3.82. The van der Waals surface area contributed by atoms with Crippen molar-refractivity contribution < 1.29 is 14.0 Å². The third-order valence-electron chi connectivity index (χ3n) is 3.15. The number of rotatable bonds is 3. The number of carbonyl (C=O) groups is 2.